The van der Waals surface area contributed by atoms with Gasteiger partial charge in [-0.1, -0.05) is 13.3 Å². The molecule has 7 heteroatoms. The molecule has 0 radical (unpaired) electrons. The molecule has 6 nitrogen and oxygen atoms in total. The van der Waals surface area contributed by atoms with Gasteiger partial charge >= 0.3 is 0 Å². The number of aromatic nitrogens is 2. The number of likely N-dealkylation sites (N-methyl/N-ethyl adjacent to an activating group) is 1. The molecule has 4 rings (SSSR count). The Balaban J connectivity index is 1.76. The molecule has 1 fully saturated rings. The van der Waals surface area contributed by atoms with E-state index in [0.717, 1.165) is 60.3 Å². The fraction of sp³-hybridized carbons (Fsp3) is 0.545. The monoisotopic (exact) mass is 413 g/mol. The number of ether oxygens (including phenoxy) is 1. The molecule has 4 heterocycles. The number of anilines is 1. The lowest BCUT2D eigenvalue weighted by atomic mass is 10.1. The summed E-state index contributed by atoms with van der Waals surface area (Å²) in [7, 11) is 4.00. The largest absolute Gasteiger partial charge is 0.385 e. The van der Waals surface area contributed by atoms with E-state index in [1.807, 2.05) is 12.3 Å². The number of methoxy groups -OCH3 is 1. The van der Waals surface area contributed by atoms with Gasteiger partial charge in [0.2, 0.25) is 0 Å². The molecular weight excluding hydrogens is 382 g/mol. The van der Waals surface area contributed by atoms with Gasteiger partial charge in [0.25, 0.3) is 0 Å². The Morgan fingerprint density at radius 3 is 3.07 bits per heavy atom. The second-order valence-electron chi connectivity index (χ2n) is 7.83. The van der Waals surface area contributed by atoms with E-state index >= 15 is 0 Å². The highest BCUT2D eigenvalue weighted by Crippen LogP contribution is 2.33. The van der Waals surface area contributed by atoms with E-state index in [1.165, 1.54) is 23.5 Å². The predicted molar refractivity (Wildman–Crippen MR) is 119 cm³/mol. The maximum atomic E-state index is 5.36. The SMILES string of the molecule is CCCCc1nc2c(s1)NC=c1cccnc1=C2N1CCN(C)C(CCOC)C1. The molecule has 0 aliphatic carbocycles. The number of hydrogen-bond acceptors (Lipinski definition) is 7. The van der Waals surface area contributed by atoms with Crippen molar-refractivity contribution in [2.75, 3.05) is 45.7 Å². The summed E-state index contributed by atoms with van der Waals surface area (Å²) in [4.78, 5) is 14.8. The smallest absolute Gasteiger partial charge is 0.124 e. The Bertz CT molecular complexity index is 956. The summed E-state index contributed by atoms with van der Waals surface area (Å²) >= 11 is 1.78. The van der Waals surface area contributed by atoms with Crippen LogP contribution in [-0.4, -0.2) is 66.2 Å². The number of nitrogens with zero attached hydrogens (tertiary/aromatic N) is 4. The Labute approximate surface area is 176 Å². The van der Waals surface area contributed by atoms with Gasteiger partial charge in [0, 0.05) is 57.0 Å². The Morgan fingerprint density at radius 2 is 2.24 bits per heavy atom. The van der Waals surface area contributed by atoms with Crippen LogP contribution in [0.1, 0.15) is 36.9 Å². The Kier molecular flexibility index (Phi) is 6.47. The predicted octanol–water partition coefficient (Wildman–Crippen LogP) is 1.85. The third-order valence-corrected chi connectivity index (χ3v) is 6.86. The van der Waals surface area contributed by atoms with E-state index in [-0.39, 0.29) is 0 Å². The summed E-state index contributed by atoms with van der Waals surface area (Å²) in [6.07, 6.45) is 8.40. The van der Waals surface area contributed by atoms with Crippen LogP contribution in [0.3, 0.4) is 0 Å². The van der Waals surface area contributed by atoms with Gasteiger partial charge in [-0.15, -0.1) is 11.3 Å². The maximum absolute atomic E-state index is 5.36. The fourth-order valence-corrected chi connectivity index (χ4v) is 5.04. The third kappa shape index (κ3) is 4.32. The number of piperazine rings is 1. The topological polar surface area (TPSA) is 53.5 Å². The van der Waals surface area contributed by atoms with Crippen molar-refractivity contribution >= 4 is 28.2 Å². The number of fused-ring (bicyclic) bond motifs is 2. The van der Waals surface area contributed by atoms with E-state index < -0.39 is 0 Å². The summed E-state index contributed by atoms with van der Waals surface area (Å²) < 4.78 is 5.36. The molecule has 0 aromatic carbocycles. The summed E-state index contributed by atoms with van der Waals surface area (Å²) in [5, 5.41) is 8.01. The highest BCUT2D eigenvalue weighted by atomic mass is 32.1. The molecule has 0 spiro atoms. The van der Waals surface area contributed by atoms with Crippen LogP contribution in [0.2, 0.25) is 0 Å². The lowest BCUT2D eigenvalue weighted by molar-refractivity contribution is 0.0959. The highest BCUT2D eigenvalue weighted by molar-refractivity contribution is 7.16. The second kappa shape index (κ2) is 9.24. The molecule has 1 atom stereocenters. The summed E-state index contributed by atoms with van der Waals surface area (Å²) in [6, 6.07) is 4.59. The number of aryl methyl sites for hydroxylation is 1. The van der Waals surface area contributed by atoms with Crippen molar-refractivity contribution < 1.29 is 4.74 Å². The minimum Gasteiger partial charge on any atom is -0.385 e. The number of unbranched alkanes of at least 4 members (excludes halogenated alkanes) is 1. The highest BCUT2D eigenvalue weighted by Gasteiger charge is 2.29. The van der Waals surface area contributed by atoms with E-state index in [1.54, 1.807) is 18.4 Å². The molecule has 2 aromatic heterocycles. The molecule has 1 saturated heterocycles. The van der Waals surface area contributed by atoms with Crippen molar-refractivity contribution in [1.29, 1.82) is 0 Å². The second-order valence-corrected chi connectivity index (χ2v) is 8.91. The van der Waals surface area contributed by atoms with Crippen LogP contribution in [0, 0.1) is 0 Å². The summed E-state index contributed by atoms with van der Waals surface area (Å²) in [6.45, 7) is 5.98. The summed E-state index contributed by atoms with van der Waals surface area (Å²) in [5.74, 6) is 0. The van der Waals surface area contributed by atoms with Crippen LogP contribution < -0.4 is 15.9 Å². The van der Waals surface area contributed by atoms with Gasteiger partial charge in [-0.05, 0) is 38.4 Å². The zero-order chi connectivity index (χ0) is 20.2. The van der Waals surface area contributed by atoms with Gasteiger partial charge in [0.05, 0.1) is 16.1 Å². The van der Waals surface area contributed by atoms with Gasteiger partial charge in [0.15, 0.2) is 0 Å². The normalized spacial score (nSPS) is 19.2. The molecule has 29 heavy (non-hydrogen) atoms. The summed E-state index contributed by atoms with van der Waals surface area (Å²) in [5.41, 5.74) is 2.23. The molecule has 1 unspecified atom stereocenters. The van der Waals surface area contributed by atoms with Crippen LogP contribution in [0.5, 0.6) is 0 Å². The minimum atomic E-state index is 0.463. The van der Waals surface area contributed by atoms with E-state index in [9.17, 15) is 0 Å². The molecule has 0 bridgehead atoms. The van der Waals surface area contributed by atoms with Crippen LogP contribution in [-0.2, 0) is 11.2 Å². The lowest BCUT2D eigenvalue weighted by Gasteiger charge is -2.41. The molecular formula is C22H31N5OS. The Hall–Kier alpha value is -1.96. The molecule has 0 saturated carbocycles. The Morgan fingerprint density at radius 1 is 1.34 bits per heavy atom. The average molecular weight is 414 g/mol. The fourth-order valence-electron chi connectivity index (χ4n) is 4.06. The molecule has 156 valence electrons. The first-order chi connectivity index (χ1) is 14.2. The number of nitrogens with one attached hydrogen (secondary N) is 1. The van der Waals surface area contributed by atoms with Crippen LogP contribution in [0.25, 0.3) is 11.9 Å². The third-order valence-electron chi connectivity index (χ3n) is 5.81. The quantitative estimate of drug-likeness (QED) is 0.748. The van der Waals surface area contributed by atoms with Crippen LogP contribution in [0.15, 0.2) is 18.3 Å². The molecule has 1 N–H and O–H groups in total. The first-order valence-corrected chi connectivity index (χ1v) is 11.4. The van der Waals surface area contributed by atoms with Gasteiger partial charge in [-0.3, -0.25) is 9.88 Å². The maximum Gasteiger partial charge on any atom is 0.124 e. The van der Waals surface area contributed by atoms with Crippen molar-refractivity contribution in [2.45, 2.75) is 38.6 Å². The van der Waals surface area contributed by atoms with Crippen molar-refractivity contribution in [2.24, 2.45) is 0 Å². The zero-order valence-corrected chi connectivity index (χ0v) is 18.5. The first-order valence-electron chi connectivity index (χ1n) is 10.6. The van der Waals surface area contributed by atoms with Gasteiger partial charge in [0.1, 0.15) is 10.7 Å². The molecule has 0 amide bonds. The van der Waals surface area contributed by atoms with E-state index in [4.69, 9.17) is 14.7 Å². The molecule has 2 aliphatic heterocycles. The number of thiazole rings is 1. The molecule has 2 aromatic rings. The van der Waals surface area contributed by atoms with Crippen molar-refractivity contribution in [1.82, 2.24) is 19.8 Å². The number of pyridine rings is 1. The number of rotatable bonds is 7. The standard InChI is InChI=1S/C22H31N5OS/c1-4-5-8-18-25-20-21(27-12-11-26(2)17(15-27)9-13-28-3)19-16(7-6-10-23-19)14-24-22(20)29-18/h6-7,10,14,17,24H,4-5,8-9,11-13,15H2,1-3H3. The first kappa shape index (κ1) is 20.3. The van der Waals surface area contributed by atoms with E-state index in [2.05, 4.69) is 41.4 Å². The van der Waals surface area contributed by atoms with Crippen molar-refractivity contribution in [3.05, 3.63) is 39.6 Å². The van der Waals surface area contributed by atoms with Gasteiger partial charge < -0.3 is 15.0 Å². The van der Waals surface area contributed by atoms with Crippen LogP contribution >= 0.6 is 11.3 Å². The van der Waals surface area contributed by atoms with Crippen LogP contribution in [0.4, 0.5) is 5.00 Å². The minimum absolute atomic E-state index is 0.463. The zero-order valence-electron chi connectivity index (χ0n) is 17.6. The van der Waals surface area contributed by atoms with Gasteiger partial charge in [-0.2, -0.15) is 0 Å². The van der Waals surface area contributed by atoms with E-state index in [0.29, 0.717) is 6.04 Å². The lowest BCUT2D eigenvalue weighted by Crippen LogP contribution is -2.52. The average Bonchev–Trinajstić information content (AvgIpc) is 3.07. The van der Waals surface area contributed by atoms with Gasteiger partial charge in [-0.25, -0.2) is 4.98 Å². The molecule has 2 aliphatic rings. The van der Waals surface area contributed by atoms with Crippen molar-refractivity contribution in [3.63, 3.8) is 0 Å². The van der Waals surface area contributed by atoms with Crippen molar-refractivity contribution in [3.8, 4) is 0 Å². The number of hydrogen-bond donors (Lipinski definition) is 1.